The van der Waals surface area contributed by atoms with Gasteiger partial charge in [0, 0.05) is 5.69 Å². The second kappa shape index (κ2) is 4.35. The van der Waals surface area contributed by atoms with E-state index < -0.39 is 0 Å². The summed E-state index contributed by atoms with van der Waals surface area (Å²) in [6, 6.07) is 6.62. The highest BCUT2D eigenvalue weighted by atomic mass is 19.1. The molecule has 16 heavy (non-hydrogen) atoms. The summed E-state index contributed by atoms with van der Waals surface area (Å²) in [4.78, 5) is 7.12. The van der Waals surface area contributed by atoms with Gasteiger partial charge in [-0.25, -0.2) is 9.37 Å². The zero-order valence-electron chi connectivity index (χ0n) is 9.13. The smallest absolute Gasteiger partial charge is 0.197 e. The minimum Gasteiger partial charge on any atom is -0.369 e. The van der Waals surface area contributed by atoms with Crippen molar-refractivity contribution < 1.29 is 4.39 Å². The molecule has 3 N–H and O–H groups in total. The van der Waals surface area contributed by atoms with Crippen LogP contribution in [0.2, 0.25) is 0 Å². The lowest BCUT2D eigenvalue weighted by Crippen LogP contribution is -1.94. The molecule has 0 bridgehead atoms. The summed E-state index contributed by atoms with van der Waals surface area (Å²) in [5, 5.41) is 0. The number of benzene rings is 1. The molecular formula is C12H14FN3. The van der Waals surface area contributed by atoms with Crippen molar-refractivity contribution in [3.63, 3.8) is 0 Å². The van der Waals surface area contributed by atoms with E-state index in [-0.39, 0.29) is 5.82 Å². The first-order chi connectivity index (χ1) is 7.65. The van der Waals surface area contributed by atoms with E-state index in [4.69, 9.17) is 5.73 Å². The summed E-state index contributed by atoms with van der Waals surface area (Å²) >= 11 is 0. The number of hydrogen-bond acceptors (Lipinski definition) is 2. The van der Waals surface area contributed by atoms with Gasteiger partial charge in [-0.1, -0.05) is 12.1 Å². The molecule has 3 nitrogen and oxygen atoms in total. The van der Waals surface area contributed by atoms with Crippen LogP contribution in [0.15, 0.2) is 24.3 Å². The SMILES string of the molecule is Cc1[nH]c(N)nc1CCc1cccc(F)c1. The predicted molar refractivity (Wildman–Crippen MR) is 61.5 cm³/mol. The number of aryl methyl sites for hydroxylation is 3. The second-order valence-corrected chi connectivity index (χ2v) is 3.82. The van der Waals surface area contributed by atoms with Gasteiger partial charge in [-0.05, 0) is 37.5 Å². The largest absolute Gasteiger partial charge is 0.369 e. The molecular weight excluding hydrogens is 205 g/mol. The summed E-state index contributed by atoms with van der Waals surface area (Å²) in [6.07, 6.45) is 1.53. The third-order valence-corrected chi connectivity index (χ3v) is 2.54. The van der Waals surface area contributed by atoms with E-state index in [1.54, 1.807) is 12.1 Å². The number of nitrogens with one attached hydrogen (secondary N) is 1. The van der Waals surface area contributed by atoms with Crippen LogP contribution >= 0.6 is 0 Å². The first kappa shape index (κ1) is 10.7. The van der Waals surface area contributed by atoms with Crippen molar-refractivity contribution in [2.75, 3.05) is 5.73 Å². The number of rotatable bonds is 3. The van der Waals surface area contributed by atoms with E-state index in [2.05, 4.69) is 9.97 Å². The predicted octanol–water partition coefficient (Wildman–Crippen LogP) is 2.22. The number of imidazole rings is 1. The van der Waals surface area contributed by atoms with Gasteiger partial charge in [0.15, 0.2) is 5.95 Å². The van der Waals surface area contributed by atoms with Crippen LogP contribution in [0.25, 0.3) is 0 Å². The highest BCUT2D eigenvalue weighted by Gasteiger charge is 2.04. The molecule has 0 radical (unpaired) electrons. The van der Waals surface area contributed by atoms with Crippen LogP contribution in [0.3, 0.4) is 0 Å². The van der Waals surface area contributed by atoms with Crippen LogP contribution in [0.1, 0.15) is 17.0 Å². The number of H-pyrrole nitrogens is 1. The Morgan fingerprint density at radius 2 is 2.19 bits per heavy atom. The van der Waals surface area contributed by atoms with Crippen LogP contribution in [0, 0.1) is 12.7 Å². The van der Waals surface area contributed by atoms with E-state index in [1.807, 2.05) is 13.0 Å². The van der Waals surface area contributed by atoms with Crippen molar-refractivity contribution in [1.82, 2.24) is 9.97 Å². The molecule has 0 amide bonds. The van der Waals surface area contributed by atoms with E-state index in [0.717, 1.165) is 29.8 Å². The molecule has 0 atom stereocenters. The van der Waals surface area contributed by atoms with Crippen molar-refractivity contribution in [1.29, 1.82) is 0 Å². The molecule has 0 fully saturated rings. The first-order valence-electron chi connectivity index (χ1n) is 5.20. The van der Waals surface area contributed by atoms with Crippen LogP contribution in [0.5, 0.6) is 0 Å². The van der Waals surface area contributed by atoms with Crippen molar-refractivity contribution in [2.45, 2.75) is 19.8 Å². The van der Waals surface area contributed by atoms with Gasteiger partial charge in [0.2, 0.25) is 0 Å². The van der Waals surface area contributed by atoms with Crippen molar-refractivity contribution in [3.05, 3.63) is 47.0 Å². The molecule has 0 saturated heterocycles. The molecule has 0 aliphatic carbocycles. The normalized spacial score (nSPS) is 10.6. The number of halogens is 1. The van der Waals surface area contributed by atoms with Crippen LogP contribution in [0.4, 0.5) is 10.3 Å². The molecule has 2 rings (SSSR count). The Morgan fingerprint density at radius 3 is 2.81 bits per heavy atom. The number of nitrogen functional groups attached to an aromatic ring is 1. The maximum Gasteiger partial charge on any atom is 0.197 e. The highest BCUT2D eigenvalue weighted by molar-refractivity contribution is 5.26. The lowest BCUT2D eigenvalue weighted by molar-refractivity contribution is 0.625. The maximum absolute atomic E-state index is 12.9. The lowest BCUT2D eigenvalue weighted by Gasteiger charge is -2.00. The third-order valence-electron chi connectivity index (χ3n) is 2.54. The summed E-state index contributed by atoms with van der Waals surface area (Å²) < 4.78 is 12.9. The number of nitrogens with two attached hydrogens (primary N) is 1. The fourth-order valence-electron chi connectivity index (χ4n) is 1.72. The highest BCUT2D eigenvalue weighted by Crippen LogP contribution is 2.11. The van der Waals surface area contributed by atoms with Crippen LogP contribution < -0.4 is 5.73 Å². The Balaban J connectivity index is 2.05. The molecule has 0 aliphatic rings. The van der Waals surface area contributed by atoms with E-state index in [9.17, 15) is 4.39 Å². The minimum atomic E-state index is -0.198. The first-order valence-corrected chi connectivity index (χ1v) is 5.20. The van der Waals surface area contributed by atoms with Gasteiger partial charge in [-0.2, -0.15) is 0 Å². The second-order valence-electron chi connectivity index (χ2n) is 3.82. The zero-order valence-corrected chi connectivity index (χ0v) is 9.13. The summed E-state index contributed by atoms with van der Waals surface area (Å²) in [6.45, 7) is 1.93. The van der Waals surface area contributed by atoms with E-state index in [0.29, 0.717) is 5.95 Å². The molecule has 84 valence electrons. The molecule has 0 unspecified atom stereocenters. The third kappa shape index (κ3) is 2.39. The number of nitrogens with zero attached hydrogens (tertiary/aromatic N) is 1. The fraction of sp³-hybridized carbons (Fsp3) is 0.250. The van der Waals surface area contributed by atoms with Gasteiger partial charge in [-0.3, -0.25) is 0 Å². The average molecular weight is 219 g/mol. The Kier molecular flexibility index (Phi) is 2.90. The number of aromatic amines is 1. The number of anilines is 1. The van der Waals surface area contributed by atoms with Gasteiger partial charge < -0.3 is 10.7 Å². The van der Waals surface area contributed by atoms with Crippen molar-refractivity contribution in [3.8, 4) is 0 Å². The van der Waals surface area contributed by atoms with Crippen molar-refractivity contribution >= 4 is 5.95 Å². The van der Waals surface area contributed by atoms with Crippen LogP contribution in [-0.4, -0.2) is 9.97 Å². The van der Waals surface area contributed by atoms with Gasteiger partial charge in [-0.15, -0.1) is 0 Å². The van der Waals surface area contributed by atoms with Gasteiger partial charge in [0.25, 0.3) is 0 Å². The summed E-state index contributed by atoms with van der Waals surface area (Å²) in [7, 11) is 0. The van der Waals surface area contributed by atoms with Crippen molar-refractivity contribution in [2.24, 2.45) is 0 Å². The Hall–Kier alpha value is -1.84. The standard InChI is InChI=1S/C12H14FN3/c1-8-11(16-12(14)15-8)6-5-9-3-2-4-10(13)7-9/h2-4,7H,5-6H2,1H3,(H3,14,15,16). The van der Waals surface area contributed by atoms with Gasteiger partial charge in [0.05, 0.1) is 5.69 Å². The Morgan fingerprint density at radius 1 is 1.38 bits per heavy atom. The molecule has 2 aromatic rings. The molecule has 4 heteroatoms. The molecule has 1 aromatic carbocycles. The fourth-order valence-corrected chi connectivity index (χ4v) is 1.72. The molecule has 0 spiro atoms. The van der Waals surface area contributed by atoms with E-state index in [1.165, 1.54) is 6.07 Å². The summed E-state index contributed by atoms with van der Waals surface area (Å²) in [5.74, 6) is 0.238. The quantitative estimate of drug-likeness (QED) is 0.831. The number of hydrogen-bond donors (Lipinski definition) is 2. The Bertz CT molecular complexity index is 491. The molecule has 1 heterocycles. The van der Waals surface area contributed by atoms with Gasteiger partial charge in [0.1, 0.15) is 5.82 Å². The lowest BCUT2D eigenvalue weighted by atomic mass is 10.1. The van der Waals surface area contributed by atoms with E-state index >= 15 is 0 Å². The minimum absolute atomic E-state index is 0.198. The zero-order chi connectivity index (χ0) is 11.5. The topological polar surface area (TPSA) is 54.7 Å². The molecule has 1 aromatic heterocycles. The Labute approximate surface area is 93.5 Å². The number of aromatic nitrogens is 2. The monoisotopic (exact) mass is 219 g/mol. The summed E-state index contributed by atoms with van der Waals surface area (Å²) in [5.41, 5.74) is 8.45. The average Bonchev–Trinajstić information content (AvgIpc) is 2.54. The maximum atomic E-state index is 12.9. The molecule has 0 aliphatic heterocycles. The molecule has 0 saturated carbocycles. The van der Waals surface area contributed by atoms with Gasteiger partial charge >= 0.3 is 0 Å². The van der Waals surface area contributed by atoms with Crippen LogP contribution in [-0.2, 0) is 12.8 Å².